The van der Waals surface area contributed by atoms with Crippen molar-refractivity contribution < 1.29 is 9.47 Å². The first-order valence-corrected chi connectivity index (χ1v) is 16.4. The molecule has 1 aliphatic heterocycles. The van der Waals surface area contributed by atoms with E-state index in [0.717, 1.165) is 11.7 Å². The van der Waals surface area contributed by atoms with Gasteiger partial charge >= 0.3 is 200 Å². The van der Waals surface area contributed by atoms with Crippen molar-refractivity contribution in [3.05, 3.63) is 108 Å². The first kappa shape index (κ1) is 23.2. The van der Waals surface area contributed by atoms with E-state index in [1.807, 2.05) is 0 Å². The summed E-state index contributed by atoms with van der Waals surface area (Å²) in [4.78, 5) is 0. The summed E-state index contributed by atoms with van der Waals surface area (Å²) in [5.74, 6) is 0. The van der Waals surface area contributed by atoms with E-state index in [9.17, 15) is 0 Å². The summed E-state index contributed by atoms with van der Waals surface area (Å²) in [6, 6.07) is 32.2. The first-order chi connectivity index (χ1) is 15.5. The maximum absolute atomic E-state index is 6.55. The standard InChI is InChI=1S/C28H32O2SeSi/c1-22(21-32(2,3)25-17-11-6-12-18-25)26-19-27(23-13-7-4-8-14-23)30-28(29-26)20-31-24-15-9-5-10-16-24/h4-18,21,26-28H,19-20H2,1-3H3/b22-21-/t26-,27-,28?/m1/s1. The Balaban J connectivity index is 1.54. The molecule has 3 aromatic carbocycles. The van der Waals surface area contributed by atoms with Gasteiger partial charge in [0.1, 0.15) is 0 Å². The van der Waals surface area contributed by atoms with Gasteiger partial charge in [-0.2, -0.15) is 0 Å². The van der Waals surface area contributed by atoms with Crippen molar-refractivity contribution in [3.63, 3.8) is 0 Å². The number of hydrogen-bond donors (Lipinski definition) is 0. The Kier molecular flexibility index (Phi) is 7.82. The molecule has 3 aromatic rings. The molecule has 1 heterocycles. The van der Waals surface area contributed by atoms with Crippen LogP contribution in [0.5, 0.6) is 0 Å². The molecule has 0 aliphatic carbocycles. The summed E-state index contributed by atoms with van der Waals surface area (Å²) in [5, 5.41) is 2.37. The Morgan fingerprint density at radius 1 is 0.875 bits per heavy atom. The Bertz CT molecular complexity index is 1010. The van der Waals surface area contributed by atoms with E-state index in [2.05, 4.69) is 117 Å². The van der Waals surface area contributed by atoms with Crippen LogP contribution in [0.4, 0.5) is 0 Å². The molecule has 3 atom stereocenters. The Labute approximate surface area is 199 Å². The average Bonchev–Trinajstić information content (AvgIpc) is 2.84. The molecule has 4 heteroatoms. The summed E-state index contributed by atoms with van der Waals surface area (Å²) in [5.41, 5.74) is 5.09. The number of benzene rings is 3. The van der Waals surface area contributed by atoms with Crippen molar-refractivity contribution in [1.29, 1.82) is 0 Å². The molecule has 32 heavy (non-hydrogen) atoms. The summed E-state index contributed by atoms with van der Waals surface area (Å²) in [6.07, 6.45) is 0.835. The van der Waals surface area contributed by atoms with E-state index in [0.29, 0.717) is 15.0 Å². The normalized spacial score (nSPS) is 22.0. The molecule has 0 aromatic heterocycles. The predicted molar refractivity (Wildman–Crippen MR) is 137 cm³/mol. The molecule has 166 valence electrons. The van der Waals surface area contributed by atoms with Crippen LogP contribution in [-0.4, -0.2) is 35.4 Å². The predicted octanol–water partition coefficient (Wildman–Crippen LogP) is 5.41. The van der Waals surface area contributed by atoms with E-state index in [1.165, 1.54) is 20.8 Å². The fourth-order valence-electron chi connectivity index (χ4n) is 4.25. The van der Waals surface area contributed by atoms with E-state index in [-0.39, 0.29) is 18.5 Å². The van der Waals surface area contributed by atoms with Gasteiger partial charge in [0.15, 0.2) is 0 Å². The van der Waals surface area contributed by atoms with Crippen LogP contribution in [0.1, 0.15) is 25.0 Å². The third-order valence-electron chi connectivity index (χ3n) is 5.98. The molecule has 1 fully saturated rings. The van der Waals surface area contributed by atoms with Gasteiger partial charge in [0.25, 0.3) is 0 Å². The van der Waals surface area contributed by atoms with E-state index >= 15 is 0 Å². The third kappa shape index (κ3) is 6.09. The number of ether oxygens (including phenoxy) is 2. The number of hydrogen-bond acceptors (Lipinski definition) is 2. The Morgan fingerprint density at radius 2 is 1.47 bits per heavy atom. The van der Waals surface area contributed by atoms with Crippen molar-refractivity contribution in [3.8, 4) is 0 Å². The Morgan fingerprint density at radius 3 is 2.12 bits per heavy atom. The maximum atomic E-state index is 6.55. The van der Waals surface area contributed by atoms with Crippen LogP contribution in [0.25, 0.3) is 0 Å². The van der Waals surface area contributed by atoms with Crippen LogP contribution < -0.4 is 9.65 Å². The van der Waals surface area contributed by atoms with Crippen LogP contribution in [0, 0.1) is 0 Å². The molecule has 1 unspecified atom stereocenters. The van der Waals surface area contributed by atoms with E-state index < -0.39 is 8.07 Å². The van der Waals surface area contributed by atoms with Crippen LogP contribution in [0.3, 0.4) is 0 Å². The monoisotopic (exact) mass is 508 g/mol. The molecule has 0 N–H and O–H groups in total. The fourth-order valence-corrected chi connectivity index (χ4v) is 8.55. The summed E-state index contributed by atoms with van der Waals surface area (Å²) in [6.45, 7) is 7.07. The van der Waals surface area contributed by atoms with Gasteiger partial charge in [0.05, 0.1) is 0 Å². The van der Waals surface area contributed by atoms with Gasteiger partial charge in [-0.15, -0.1) is 0 Å². The SMILES string of the molecule is C/C(=C/[Si](C)(C)c1ccccc1)[C@H]1C[C@H](c2ccccc2)OC(C[Se]c2ccccc2)O1. The summed E-state index contributed by atoms with van der Waals surface area (Å²) in [7, 11) is -1.70. The molecule has 2 nitrogen and oxygen atoms in total. The van der Waals surface area contributed by atoms with E-state index in [1.54, 1.807) is 0 Å². The van der Waals surface area contributed by atoms with Gasteiger partial charge in [-0.25, -0.2) is 0 Å². The van der Waals surface area contributed by atoms with Gasteiger partial charge in [0.2, 0.25) is 0 Å². The first-order valence-electron chi connectivity index (χ1n) is 11.3. The van der Waals surface area contributed by atoms with Crippen LogP contribution >= 0.6 is 0 Å². The van der Waals surface area contributed by atoms with Gasteiger partial charge in [0, 0.05) is 0 Å². The molecule has 0 bridgehead atoms. The molecule has 1 aliphatic rings. The van der Waals surface area contributed by atoms with Crippen molar-refractivity contribution in [1.82, 2.24) is 0 Å². The van der Waals surface area contributed by atoms with Crippen molar-refractivity contribution >= 4 is 32.7 Å². The quantitative estimate of drug-likeness (QED) is 0.399. The van der Waals surface area contributed by atoms with Gasteiger partial charge in [-0.1, -0.05) is 0 Å². The molecule has 0 radical (unpaired) electrons. The molecule has 0 spiro atoms. The van der Waals surface area contributed by atoms with Gasteiger partial charge in [-0.05, 0) is 0 Å². The second kappa shape index (κ2) is 10.8. The minimum absolute atomic E-state index is 0.0661. The molecule has 1 saturated heterocycles. The second-order valence-electron chi connectivity index (χ2n) is 8.93. The van der Waals surface area contributed by atoms with Gasteiger partial charge in [-0.3, -0.25) is 0 Å². The summed E-state index contributed by atoms with van der Waals surface area (Å²) < 4.78 is 14.4. The van der Waals surface area contributed by atoms with Crippen molar-refractivity contribution in [2.24, 2.45) is 0 Å². The molecule has 4 rings (SSSR count). The zero-order valence-electron chi connectivity index (χ0n) is 19.1. The summed E-state index contributed by atoms with van der Waals surface area (Å²) >= 11 is 0.324. The third-order valence-corrected chi connectivity index (χ3v) is 11.2. The van der Waals surface area contributed by atoms with Crippen LogP contribution in [-0.2, 0) is 9.47 Å². The van der Waals surface area contributed by atoms with Gasteiger partial charge < -0.3 is 0 Å². The molecule has 0 saturated carbocycles. The second-order valence-corrected chi connectivity index (χ2v) is 15.5. The number of rotatable bonds is 7. The zero-order valence-corrected chi connectivity index (χ0v) is 21.8. The van der Waals surface area contributed by atoms with Crippen molar-refractivity contribution in [2.75, 3.05) is 0 Å². The van der Waals surface area contributed by atoms with Crippen molar-refractivity contribution in [2.45, 2.75) is 50.3 Å². The minimum atomic E-state index is -1.70. The molecular weight excluding hydrogens is 475 g/mol. The average molecular weight is 508 g/mol. The van der Waals surface area contributed by atoms with Crippen LogP contribution in [0.15, 0.2) is 102 Å². The Hall–Kier alpha value is -1.94. The zero-order chi connectivity index (χ0) is 22.4. The molecule has 0 amide bonds. The molecular formula is C28H32O2SeSi. The van der Waals surface area contributed by atoms with E-state index in [4.69, 9.17) is 9.47 Å². The topological polar surface area (TPSA) is 18.5 Å². The fraction of sp³-hybridized carbons (Fsp3) is 0.286. The van der Waals surface area contributed by atoms with Crippen LogP contribution in [0.2, 0.25) is 18.4 Å².